The lowest BCUT2D eigenvalue weighted by molar-refractivity contribution is 0.575. The van der Waals surface area contributed by atoms with Crippen molar-refractivity contribution < 1.29 is 0 Å². The first kappa shape index (κ1) is 15.7. The number of pyridine rings is 1. The number of para-hydroxylation sites is 1. The van der Waals surface area contributed by atoms with Crippen molar-refractivity contribution in [3.05, 3.63) is 81.2 Å². The summed E-state index contributed by atoms with van der Waals surface area (Å²) in [6, 6.07) is 18.5. The highest BCUT2D eigenvalue weighted by Crippen LogP contribution is 2.43. The summed E-state index contributed by atoms with van der Waals surface area (Å²) >= 11 is 11.0. The molecule has 1 aliphatic heterocycles. The van der Waals surface area contributed by atoms with Crippen LogP contribution >= 0.6 is 39.5 Å². The summed E-state index contributed by atoms with van der Waals surface area (Å²) in [5.41, 5.74) is 2.08. The number of benzene rings is 1. The first-order chi connectivity index (χ1) is 11.7. The van der Waals surface area contributed by atoms with Crippen molar-refractivity contribution in [2.45, 2.75) is 12.1 Å². The molecule has 2 atom stereocenters. The summed E-state index contributed by atoms with van der Waals surface area (Å²) in [5, 5.41) is 6.30. The number of halogens is 1. The van der Waals surface area contributed by atoms with E-state index in [9.17, 15) is 0 Å². The number of hydrogen-bond donors (Lipinski definition) is 1. The molecule has 1 fully saturated rings. The Hall–Kier alpha value is -1.76. The molecule has 0 spiro atoms. The highest BCUT2D eigenvalue weighted by atomic mass is 79.9. The lowest BCUT2D eigenvalue weighted by atomic mass is 10.0. The van der Waals surface area contributed by atoms with Gasteiger partial charge in [-0.25, -0.2) is 0 Å². The molecule has 1 aromatic carbocycles. The average molecular weight is 416 g/mol. The second-order valence-electron chi connectivity index (χ2n) is 5.50. The molecule has 6 heteroatoms. The maximum absolute atomic E-state index is 5.66. The van der Waals surface area contributed by atoms with E-state index >= 15 is 0 Å². The monoisotopic (exact) mass is 415 g/mol. The van der Waals surface area contributed by atoms with Gasteiger partial charge in [-0.15, -0.1) is 11.3 Å². The van der Waals surface area contributed by atoms with Crippen LogP contribution in [0.2, 0.25) is 0 Å². The maximum atomic E-state index is 5.66. The van der Waals surface area contributed by atoms with E-state index in [-0.39, 0.29) is 12.1 Å². The summed E-state index contributed by atoms with van der Waals surface area (Å²) in [7, 11) is 0. The van der Waals surface area contributed by atoms with Crippen LogP contribution in [0, 0.1) is 0 Å². The van der Waals surface area contributed by atoms with Crippen LogP contribution in [0.4, 0.5) is 5.69 Å². The molecule has 0 amide bonds. The molecular formula is C18H14BrN3S2. The minimum atomic E-state index is 0.0180. The lowest BCUT2D eigenvalue weighted by Crippen LogP contribution is -2.28. The Balaban J connectivity index is 1.82. The highest BCUT2D eigenvalue weighted by molar-refractivity contribution is 9.10. The number of nitrogens with one attached hydrogen (secondary N) is 1. The van der Waals surface area contributed by atoms with Crippen LogP contribution in [0.15, 0.2) is 70.6 Å². The molecule has 1 aliphatic rings. The van der Waals surface area contributed by atoms with Crippen molar-refractivity contribution in [3.8, 4) is 0 Å². The molecule has 3 heterocycles. The minimum Gasteiger partial charge on any atom is -0.351 e. The zero-order valence-corrected chi connectivity index (χ0v) is 15.8. The van der Waals surface area contributed by atoms with Crippen molar-refractivity contribution in [1.29, 1.82) is 0 Å². The van der Waals surface area contributed by atoms with Gasteiger partial charge in [0.15, 0.2) is 5.11 Å². The Morgan fingerprint density at radius 1 is 1.12 bits per heavy atom. The van der Waals surface area contributed by atoms with E-state index in [0.717, 1.165) is 21.0 Å². The van der Waals surface area contributed by atoms with Crippen LogP contribution in [-0.4, -0.2) is 10.1 Å². The van der Waals surface area contributed by atoms with E-state index in [4.69, 9.17) is 12.2 Å². The number of anilines is 1. The normalized spacial score (nSPS) is 20.2. The Morgan fingerprint density at radius 3 is 2.58 bits per heavy atom. The largest absolute Gasteiger partial charge is 0.351 e. The number of thiophene rings is 1. The number of thiocarbonyl (C=S) groups is 1. The van der Waals surface area contributed by atoms with Gasteiger partial charge in [0.05, 0.1) is 17.8 Å². The first-order valence-corrected chi connectivity index (χ1v) is 9.62. The summed E-state index contributed by atoms with van der Waals surface area (Å²) < 4.78 is 1.09. The maximum Gasteiger partial charge on any atom is 0.174 e. The molecule has 0 unspecified atom stereocenters. The fraction of sp³-hybridized carbons (Fsp3) is 0.111. The molecule has 120 valence electrons. The van der Waals surface area contributed by atoms with E-state index in [2.05, 4.69) is 54.7 Å². The zero-order chi connectivity index (χ0) is 16.5. The fourth-order valence-electron chi connectivity index (χ4n) is 2.99. The first-order valence-electron chi connectivity index (χ1n) is 7.53. The summed E-state index contributed by atoms with van der Waals surface area (Å²) in [6.07, 6.45) is 1.83. The van der Waals surface area contributed by atoms with Crippen LogP contribution in [0.3, 0.4) is 0 Å². The van der Waals surface area contributed by atoms with Crippen LogP contribution in [-0.2, 0) is 0 Å². The van der Waals surface area contributed by atoms with Gasteiger partial charge >= 0.3 is 0 Å². The fourth-order valence-corrected chi connectivity index (χ4v) is 4.91. The third-order valence-corrected chi connectivity index (χ3v) is 6.09. The molecule has 0 aliphatic carbocycles. The van der Waals surface area contributed by atoms with E-state index in [1.54, 1.807) is 11.3 Å². The van der Waals surface area contributed by atoms with Gasteiger partial charge in [-0.3, -0.25) is 4.98 Å². The van der Waals surface area contributed by atoms with Crippen LogP contribution in [0.5, 0.6) is 0 Å². The summed E-state index contributed by atoms with van der Waals surface area (Å²) in [5.74, 6) is 0. The van der Waals surface area contributed by atoms with E-state index in [0.29, 0.717) is 0 Å². The molecule has 2 aromatic heterocycles. The van der Waals surface area contributed by atoms with E-state index < -0.39 is 0 Å². The van der Waals surface area contributed by atoms with Gasteiger partial charge < -0.3 is 10.2 Å². The van der Waals surface area contributed by atoms with E-state index in [1.165, 1.54) is 4.88 Å². The van der Waals surface area contributed by atoms with Gasteiger partial charge in [0.1, 0.15) is 0 Å². The molecule has 1 saturated heterocycles. The summed E-state index contributed by atoms with van der Waals surface area (Å²) in [4.78, 5) is 7.98. The minimum absolute atomic E-state index is 0.0180. The number of nitrogens with zero attached hydrogens (tertiary/aromatic N) is 2. The Kier molecular flexibility index (Phi) is 4.35. The Labute approximate surface area is 158 Å². The number of rotatable bonds is 3. The van der Waals surface area contributed by atoms with Crippen LogP contribution in [0.25, 0.3) is 0 Å². The Bertz CT molecular complexity index is 851. The second kappa shape index (κ2) is 6.63. The van der Waals surface area contributed by atoms with Crippen molar-refractivity contribution in [1.82, 2.24) is 10.3 Å². The standard InChI is InChI=1S/C18H14BrN3S2/c19-12-10-15(24-11-12)17-16(14-8-4-5-9-20-14)21-18(23)22(17)13-6-2-1-3-7-13/h1-11,16-17H,(H,21,23)/t16-,17+/m0/s1. The van der Waals surface area contributed by atoms with Crippen molar-refractivity contribution in [2.24, 2.45) is 0 Å². The average Bonchev–Trinajstić information content (AvgIpc) is 3.19. The topological polar surface area (TPSA) is 28.2 Å². The van der Waals surface area contributed by atoms with Gasteiger partial charge in [0.25, 0.3) is 0 Å². The Morgan fingerprint density at radius 2 is 1.92 bits per heavy atom. The molecule has 3 nitrogen and oxygen atoms in total. The quantitative estimate of drug-likeness (QED) is 0.603. The predicted molar refractivity (Wildman–Crippen MR) is 106 cm³/mol. The van der Waals surface area contributed by atoms with Crippen molar-refractivity contribution >= 4 is 50.3 Å². The predicted octanol–water partition coefficient (Wildman–Crippen LogP) is 5.08. The van der Waals surface area contributed by atoms with Gasteiger partial charge in [0.2, 0.25) is 0 Å². The third-order valence-electron chi connectivity index (χ3n) is 4.01. The van der Waals surface area contributed by atoms with E-state index in [1.807, 2.05) is 42.6 Å². The molecule has 0 saturated carbocycles. The van der Waals surface area contributed by atoms with Crippen molar-refractivity contribution in [3.63, 3.8) is 0 Å². The van der Waals surface area contributed by atoms with Gasteiger partial charge in [0, 0.05) is 26.6 Å². The van der Waals surface area contributed by atoms with Gasteiger partial charge in [-0.1, -0.05) is 24.3 Å². The number of hydrogen-bond acceptors (Lipinski definition) is 3. The zero-order valence-electron chi connectivity index (χ0n) is 12.6. The molecule has 3 aromatic rings. The lowest BCUT2D eigenvalue weighted by Gasteiger charge is -2.26. The smallest absolute Gasteiger partial charge is 0.174 e. The molecular weight excluding hydrogens is 402 g/mol. The molecule has 1 N–H and O–H groups in total. The summed E-state index contributed by atoms with van der Waals surface area (Å²) in [6.45, 7) is 0. The third kappa shape index (κ3) is 2.85. The molecule has 0 radical (unpaired) electrons. The second-order valence-corrected chi connectivity index (χ2v) is 7.74. The number of aromatic nitrogens is 1. The van der Waals surface area contributed by atoms with Crippen LogP contribution in [0.1, 0.15) is 22.7 Å². The van der Waals surface area contributed by atoms with Gasteiger partial charge in [-0.2, -0.15) is 0 Å². The van der Waals surface area contributed by atoms with Crippen molar-refractivity contribution in [2.75, 3.05) is 4.90 Å². The van der Waals surface area contributed by atoms with Crippen LogP contribution < -0.4 is 10.2 Å². The molecule has 4 rings (SSSR count). The van der Waals surface area contributed by atoms with Gasteiger partial charge in [-0.05, 0) is 58.5 Å². The molecule has 24 heavy (non-hydrogen) atoms. The SMILES string of the molecule is S=C1N[C@@H](c2ccccn2)[C@@H](c2cc(Br)cs2)N1c1ccccc1. The molecule has 0 bridgehead atoms. The highest BCUT2D eigenvalue weighted by Gasteiger charge is 2.41.